The van der Waals surface area contributed by atoms with Crippen molar-refractivity contribution >= 4 is 5.69 Å². The average molecular weight is 220 g/mol. The van der Waals surface area contributed by atoms with Crippen molar-refractivity contribution in [3.8, 4) is 0 Å². The molecule has 3 nitrogen and oxygen atoms in total. The second kappa shape index (κ2) is 5.87. The number of nitrogens with one attached hydrogen (secondary N) is 2. The van der Waals surface area contributed by atoms with Crippen molar-refractivity contribution in [2.45, 2.75) is 25.5 Å². The SMILES string of the molecule is COCc1ccccc1NC1CCCNC1. The molecule has 1 fully saturated rings. The van der Waals surface area contributed by atoms with Crippen LogP contribution in [0.4, 0.5) is 5.69 Å². The van der Waals surface area contributed by atoms with Crippen molar-refractivity contribution in [1.82, 2.24) is 5.32 Å². The standard InChI is InChI=1S/C13H20N2O/c1-16-10-11-5-2-3-7-13(11)15-12-6-4-8-14-9-12/h2-3,5,7,12,14-15H,4,6,8-10H2,1H3. The molecule has 1 heterocycles. The lowest BCUT2D eigenvalue weighted by molar-refractivity contribution is 0.185. The molecule has 1 unspecified atom stereocenters. The molecule has 1 aliphatic rings. The fourth-order valence-electron chi connectivity index (χ4n) is 2.14. The van der Waals surface area contributed by atoms with Crippen LogP contribution in [0.3, 0.4) is 0 Å². The van der Waals surface area contributed by atoms with Crippen molar-refractivity contribution < 1.29 is 4.74 Å². The van der Waals surface area contributed by atoms with E-state index in [9.17, 15) is 0 Å². The molecule has 2 N–H and O–H groups in total. The average Bonchev–Trinajstić information content (AvgIpc) is 2.33. The lowest BCUT2D eigenvalue weighted by Gasteiger charge is -2.25. The molecule has 0 bridgehead atoms. The number of benzene rings is 1. The molecular formula is C13H20N2O. The molecule has 1 atom stereocenters. The van der Waals surface area contributed by atoms with E-state index < -0.39 is 0 Å². The summed E-state index contributed by atoms with van der Waals surface area (Å²) in [6, 6.07) is 8.91. The minimum Gasteiger partial charge on any atom is -0.381 e. The third-order valence-corrected chi connectivity index (χ3v) is 2.97. The zero-order chi connectivity index (χ0) is 11.2. The van der Waals surface area contributed by atoms with Gasteiger partial charge in [-0.3, -0.25) is 0 Å². The normalized spacial score (nSPS) is 20.7. The molecule has 1 aliphatic heterocycles. The topological polar surface area (TPSA) is 33.3 Å². The van der Waals surface area contributed by atoms with Crippen LogP contribution in [0.2, 0.25) is 0 Å². The summed E-state index contributed by atoms with van der Waals surface area (Å²) >= 11 is 0. The summed E-state index contributed by atoms with van der Waals surface area (Å²) in [5, 5.41) is 7.00. The maximum Gasteiger partial charge on any atom is 0.0733 e. The minimum atomic E-state index is 0.548. The van der Waals surface area contributed by atoms with Crippen LogP contribution < -0.4 is 10.6 Å². The smallest absolute Gasteiger partial charge is 0.0733 e. The van der Waals surface area contributed by atoms with Gasteiger partial charge in [-0.1, -0.05) is 18.2 Å². The number of anilines is 1. The van der Waals surface area contributed by atoms with Crippen LogP contribution in [0.15, 0.2) is 24.3 Å². The van der Waals surface area contributed by atoms with Crippen LogP contribution in [0.5, 0.6) is 0 Å². The maximum absolute atomic E-state index is 5.20. The lowest BCUT2D eigenvalue weighted by Crippen LogP contribution is -2.38. The van der Waals surface area contributed by atoms with E-state index in [0.717, 1.165) is 13.1 Å². The summed E-state index contributed by atoms with van der Waals surface area (Å²) in [7, 11) is 1.74. The minimum absolute atomic E-state index is 0.548. The Labute approximate surface area is 97.2 Å². The van der Waals surface area contributed by atoms with Gasteiger partial charge >= 0.3 is 0 Å². The van der Waals surface area contributed by atoms with E-state index in [0.29, 0.717) is 12.6 Å². The van der Waals surface area contributed by atoms with E-state index in [-0.39, 0.29) is 0 Å². The summed E-state index contributed by atoms with van der Waals surface area (Å²) in [5.74, 6) is 0. The first-order valence-corrected chi connectivity index (χ1v) is 5.94. The highest BCUT2D eigenvalue weighted by Crippen LogP contribution is 2.18. The van der Waals surface area contributed by atoms with Crippen molar-refractivity contribution in [3.63, 3.8) is 0 Å². The van der Waals surface area contributed by atoms with Crippen molar-refractivity contribution in [1.29, 1.82) is 0 Å². The second-order valence-corrected chi connectivity index (χ2v) is 4.28. The van der Waals surface area contributed by atoms with E-state index >= 15 is 0 Å². The molecule has 1 saturated heterocycles. The van der Waals surface area contributed by atoms with Crippen LogP contribution in [-0.2, 0) is 11.3 Å². The summed E-state index contributed by atoms with van der Waals surface area (Å²) in [4.78, 5) is 0. The van der Waals surface area contributed by atoms with Crippen LogP contribution >= 0.6 is 0 Å². The Morgan fingerprint density at radius 1 is 1.44 bits per heavy atom. The molecule has 0 spiro atoms. The van der Waals surface area contributed by atoms with Crippen LogP contribution in [0.1, 0.15) is 18.4 Å². The largest absolute Gasteiger partial charge is 0.381 e. The number of rotatable bonds is 4. The third kappa shape index (κ3) is 2.97. The zero-order valence-corrected chi connectivity index (χ0v) is 9.83. The molecule has 2 rings (SSSR count). The van der Waals surface area contributed by atoms with E-state index in [4.69, 9.17) is 4.74 Å². The van der Waals surface area contributed by atoms with Gasteiger partial charge in [-0.15, -0.1) is 0 Å². The molecule has 1 aromatic carbocycles. The first-order chi connectivity index (χ1) is 7.90. The van der Waals surface area contributed by atoms with E-state index in [1.807, 2.05) is 0 Å². The quantitative estimate of drug-likeness (QED) is 0.814. The molecule has 3 heteroatoms. The lowest BCUT2D eigenvalue weighted by atomic mass is 10.1. The summed E-state index contributed by atoms with van der Waals surface area (Å²) in [5.41, 5.74) is 2.44. The fraction of sp³-hybridized carbons (Fsp3) is 0.538. The van der Waals surface area contributed by atoms with Gasteiger partial charge in [0.25, 0.3) is 0 Å². The highest BCUT2D eigenvalue weighted by Gasteiger charge is 2.13. The molecule has 88 valence electrons. The van der Waals surface area contributed by atoms with Crippen LogP contribution in [0.25, 0.3) is 0 Å². The Morgan fingerprint density at radius 2 is 2.31 bits per heavy atom. The molecule has 0 aromatic heterocycles. The van der Waals surface area contributed by atoms with E-state index in [1.165, 1.54) is 24.1 Å². The Hall–Kier alpha value is -1.06. The number of hydrogen-bond acceptors (Lipinski definition) is 3. The molecule has 0 radical (unpaired) electrons. The highest BCUT2D eigenvalue weighted by atomic mass is 16.5. The van der Waals surface area contributed by atoms with Gasteiger partial charge in [0.2, 0.25) is 0 Å². The van der Waals surface area contributed by atoms with Gasteiger partial charge in [-0.05, 0) is 25.5 Å². The number of ether oxygens (including phenoxy) is 1. The monoisotopic (exact) mass is 220 g/mol. The van der Waals surface area contributed by atoms with Gasteiger partial charge in [0.1, 0.15) is 0 Å². The maximum atomic E-state index is 5.20. The van der Waals surface area contributed by atoms with Gasteiger partial charge in [0.15, 0.2) is 0 Å². The second-order valence-electron chi connectivity index (χ2n) is 4.28. The van der Waals surface area contributed by atoms with Crippen molar-refractivity contribution in [2.24, 2.45) is 0 Å². The number of methoxy groups -OCH3 is 1. The van der Waals surface area contributed by atoms with Gasteiger partial charge in [0, 0.05) is 30.9 Å². The highest BCUT2D eigenvalue weighted by molar-refractivity contribution is 5.51. The summed E-state index contributed by atoms with van der Waals surface area (Å²) in [6.07, 6.45) is 2.50. The van der Waals surface area contributed by atoms with Gasteiger partial charge in [-0.25, -0.2) is 0 Å². The summed E-state index contributed by atoms with van der Waals surface area (Å²) in [6.45, 7) is 2.88. The van der Waals surface area contributed by atoms with Crippen molar-refractivity contribution in [3.05, 3.63) is 29.8 Å². The van der Waals surface area contributed by atoms with E-state index in [2.05, 4.69) is 34.9 Å². The zero-order valence-electron chi connectivity index (χ0n) is 9.83. The Morgan fingerprint density at radius 3 is 3.06 bits per heavy atom. The van der Waals surface area contributed by atoms with Crippen LogP contribution in [0, 0.1) is 0 Å². The Balaban J connectivity index is 2.01. The molecule has 1 aromatic rings. The first-order valence-electron chi connectivity index (χ1n) is 5.94. The molecule has 16 heavy (non-hydrogen) atoms. The molecule has 0 aliphatic carbocycles. The number of para-hydroxylation sites is 1. The fourth-order valence-corrected chi connectivity index (χ4v) is 2.14. The predicted octanol–water partition coefficient (Wildman–Crippen LogP) is 2.00. The number of piperidine rings is 1. The third-order valence-electron chi connectivity index (χ3n) is 2.97. The van der Waals surface area contributed by atoms with Gasteiger partial charge in [0.05, 0.1) is 6.61 Å². The molecule has 0 amide bonds. The molecule has 0 saturated carbocycles. The summed E-state index contributed by atoms with van der Waals surface area (Å²) < 4.78 is 5.20. The van der Waals surface area contributed by atoms with Crippen molar-refractivity contribution in [2.75, 3.05) is 25.5 Å². The van der Waals surface area contributed by atoms with Gasteiger partial charge < -0.3 is 15.4 Å². The first kappa shape index (κ1) is 11.4. The number of hydrogen-bond donors (Lipinski definition) is 2. The Kier molecular flexibility index (Phi) is 4.19. The van der Waals surface area contributed by atoms with Gasteiger partial charge in [-0.2, -0.15) is 0 Å². The molecular weight excluding hydrogens is 200 g/mol. The Bertz CT molecular complexity index is 321. The predicted molar refractivity (Wildman–Crippen MR) is 66.7 cm³/mol. The van der Waals surface area contributed by atoms with E-state index in [1.54, 1.807) is 7.11 Å². The van der Waals surface area contributed by atoms with Crippen LogP contribution in [-0.4, -0.2) is 26.2 Å².